The molecule has 0 saturated carbocycles. The summed E-state index contributed by atoms with van der Waals surface area (Å²) in [6.07, 6.45) is 0.512. The Morgan fingerprint density at radius 3 is 2.57 bits per heavy atom. The van der Waals surface area contributed by atoms with E-state index in [-0.39, 0.29) is 11.9 Å². The lowest BCUT2D eigenvalue weighted by molar-refractivity contribution is -0.121. The van der Waals surface area contributed by atoms with E-state index in [1.54, 1.807) is 0 Å². The molecule has 0 spiro atoms. The van der Waals surface area contributed by atoms with Gasteiger partial charge in [-0.1, -0.05) is 36.7 Å². The summed E-state index contributed by atoms with van der Waals surface area (Å²) < 4.78 is 0. The number of hydrogen-bond acceptors (Lipinski definition) is 3. The number of nitrogens with one attached hydrogen (secondary N) is 1. The van der Waals surface area contributed by atoms with Gasteiger partial charge in [-0.15, -0.1) is 0 Å². The van der Waals surface area contributed by atoms with Crippen LogP contribution in [-0.4, -0.2) is 55.5 Å². The van der Waals surface area contributed by atoms with Gasteiger partial charge in [-0.3, -0.25) is 9.69 Å². The van der Waals surface area contributed by atoms with E-state index in [1.165, 1.54) is 0 Å². The molecule has 21 heavy (non-hydrogen) atoms. The number of nitrogens with zero attached hydrogens (tertiary/aromatic N) is 2. The van der Waals surface area contributed by atoms with Gasteiger partial charge >= 0.3 is 0 Å². The molecule has 1 unspecified atom stereocenters. The number of carbonyl (C=O) groups excluding carboxylic acids is 1. The second-order valence-electron chi connectivity index (χ2n) is 5.53. The highest BCUT2D eigenvalue weighted by atomic mass is 35.5. The molecule has 1 amide bonds. The third kappa shape index (κ3) is 4.43. The number of carbonyl (C=O) groups is 1. The van der Waals surface area contributed by atoms with Crippen LogP contribution in [0.4, 0.5) is 0 Å². The molecule has 1 aromatic rings. The number of piperazine rings is 1. The monoisotopic (exact) mass is 309 g/mol. The van der Waals surface area contributed by atoms with Crippen molar-refractivity contribution in [1.29, 1.82) is 0 Å². The Hall–Kier alpha value is -1.10. The molecular weight excluding hydrogens is 286 g/mol. The van der Waals surface area contributed by atoms with Gasteiger partial charge in [-0.2, -0.15) is 0 Å². The Labute approximate surface area is 132 Å². The summed E-state index contributed by atoms with van der Waals surface area (Å²) in [5.74, 6) is 0.0844. The van der Waals surface area contributed by atoms with Crippen LogP contribution in [0.1, 0.15) is 24.9 Å². The molecule has 1 fully saturated rings. The van der Waals surface area contributed by atoms with E-state index in [0.717, 1.165) is 36.8 Å². The number of hydrogen-bond donors (Lipinski definition) is 1. The van der Waals surface area contributed by atoms with E-state index in [4.69, 9.17) is 11.6 Å². The SMILES string of the molecule is CCC(=O)NCC(c1ccccc1Cl)N1CCN(C)CC1. The van der Waals surface area contributed by atoms with Gasteiger partial charge in [0.05, 0.1) is 6.04 Å². The third-order valence-electron chi connectivity index (χ3n) is 4.06. The fraction of sp³-hybridized carbons (Fsp3) is 0.562. The van der Waals surface area contributed by atoms with Crippen molar-refractivity contribution in [2.24, 2.45) is 0 Å². The standard InChI is InChI=1S/C16H24ClN3O/c1-3-16(21)18-12-15(13-6-4-5-7-14(13)17)20-10-8-19(2)9-11-20/h4-7,15H,3,8-12H2,1-2H3,(H,18,21). The average Bonchev–Trinajstić information content (AvgIpc) is 2.50. The molecule has 0 aromatic heterocycles. The van der Waals surface area contributed by atoms with E-state index in [2.05, 4.69) is 28.2 Å². The molecular formula is C16H24ClN3O. The van der Waals surface area contributed by atoms with Crippen LogP contribution >= 0.6 is 11.6 Å². The summed E-state index contributed by atoms with van der Waals surface area (Å²) in [4.78, 5) is 16.3. The zero-order chi connectivity index (χ0) is 15.2. The second kappa shape index (κ2) is 7.78. The van der Waals surface area contributed by atoms with Crippen molar-refractivity contribution < 1.29 is 4.79 Å². The van der Waals surface area contributed by atoms with Crippen LogP contribution < -0.4 is 5.32 Å². The van der Waals surface area contributed by atoms with Gasteiger partial charge in [0.1, 0.15) is 0 Å². The third-order valence-corrected chi connectivity index (χ3v) is 4.40. The zero-order valence-corrected chi connectivity index (χ0v) is 13.6. The molecule has 0 radical (unpaired) electrons. The molecule has 5 heteroatoms. The van der Waals surface area contributed by atoms with Crippen LogP contribution in [0, 0.1) is 0 Å². The first kappa shape index (κ1) is 16.3. The van der Waals surface area contributed by atoms with Crippen molar-refractivity contribution in [3.8, 4) is 0 Å². The Balaban J connectivity index is 2.14. The first-order chi connectivity index (χ1) is 10.1. The molecule has 2 rings (SSSR count). The molecule has 1 aromatic carbocycles. The van der Waals surface area contributed by atoms with E-state index < -0.39 is 0 Å². The maximum Gasteiger partial charge on any atom is 0.219 e. The summed E-state index contributed by atoms with van der Waals surface area (Å²) >= 11 is 6.37. The van der Waals surface area contributed by atoms with Gasteiger partial charge in [0.25, 0.3) is 0 Å². The lowest BCUT2D eigenvalue weighted by atomic mass is 10.0. The molecule has 1 N–H and O–H groups in total. The van der Waals surface area contributed by atoms with Crippen molar-refractivity contribution >= 4 is 17.5 Å². The van der Waals surface area contributed by atoms with Crippen molar-refractivity contribution in [2.75, 3.05) is 39.8 Å². The topological polar surface area (TPSA) is 35.6 Å². The Morgan fingerprint density at radius 1 is 1.29 bits per heavy atom. The Morgan fingerprint density at radius 2 is 1.95 bits per heavy atom. The molecule has 1 saturated heterocycles. The van der Waals surface area contributed by atoms with Crippen molar-refractivity contribution in [3.05, 3.63) is 34.9 Å². The molecule has 1 aliphatic rings. The summed E-state index contributed by atoms with van der Waals surface area (Å²) in [5.41, 5.74) is 1.10. The van der Waals surface area contributed by atoms with Gasteiger partial charge in [0.2, 0.25) is 5.91 Å². The van der Waals surface area contributed by atoms with Gasteiger partial charge in [0, 0.05) is 44.2 Å². The normalized spacial score (nSPS) is 18.4. The van der Waals surface area contributed by atoms with Crippen LogP contribution in [0.2, 0.25) is 5.02 Å². The van der Waals surface area contributed by atoms with E-state index >= 15 is 0 Å². The smallest absolute Gasteiger partial charge is 0.219 e. The average molecular weight is 310 g/mol. The van der Waals surface area contributed by atoms with Crippen LogP contribution in [0.3, 0.4) is 0 Å². The highest BCUT2D eigenvalue weighted by Crippen LogP contribution is 2.27. The van der Waals surface area contributed by atoms with Crippen LogP contribution in [0.25, 0.3) is 0 Å². The fourth-order valence-corrected chi connectivity index (χ4v) is 2.91. The fourth-order valence-electron chi connectivity index (χ4n) is 2.65. The van der Waals surface area contributed by atoms with Gasteiger partial charge in [-0.25, -0.2) is 0 Å². The summed E-state index contributed by atoms with van der Waals surface area (Å²) in [7, 11) is 2.14. The molecule has 1 atom stereocenters. The van der Waals surface area contributed by atoms with E-state index in [1.807, 2.05) is 25.1 Å². The predicted molar refractivity (Wildman–Crippen MR) is 86.6 cm³/mol. The number of likely N-dealkylation sites (N-methyl/N-ethyl adjacent to an activating group) is 1. The predicted octanol–water partition coefficient (Wildman–Crippen LogP) is 2.15. The lowest BCUT2D eigenvalue weighted by Gasteiger charge is -2.38. The molecule has 1 heterocycles. The summed E-state index contributed by atoms with van der Waals surface area (Å²) in [5, 5.41) is 3.78. The summed E-state index contributed by atoms with van der Waals surface area (Å²) in [6.45, 7) is 6.56. The summed E-state index contributed by atoms with van der Waals surface area (Å²) in [6, 6.07) is 8.07. The molecule has 1 aliphatic heterocycles. The van der Waals surface area contributed by atoms with Crippen molar-refractivity contribution in [2.45, 2.75) is 19.4 Å². The van der Waals surface area contributed by atoms with E-state index in [9.17, 15) is 4.79 Å². The second-order valence-corrected chi connectivity index (χ2v) is 5.94. The first-order valence-corrected chi connectivity index (χ1v) is 7.93. The molecule has 0 bridgehead atoms. The highest BCUT2D eigenvalue weighted by molar-refractivity contribution is 6.31. The maximum atomic E-state index is 11.6. The van der Waals surface area contributed by atoms with Gasteiger partial charge in [-0.05, 0) is 18.7 Å². The first-order valence-electron chi connectivity index (χ1n) is 7.55. The largest absolute Gasteiger partial charge is 0.354 e. The Kier molecular flexibility index (Phi) is 6.03. The number of rotatable bonds is 5. The van der Waals surface area contributed by atoms with Crippen molar-refractivity contribution in [1.82, 2.24) is 15.1 Å². The van der Waals surface area contributed by atoms with Gasteiger partial charge < -0.3 is 10.2 Å². The van der Waals surface area contributed by atoms with E-state index in [0.29, 0.717) is 13.0 Å². The van der Waals surface area contributed by atoms with Crippen LogP contribution in [-0.2, 0) is 4.79 Å². The maximum absolute atomic E-state index is 11.6. The van der Waals surface area contributed by atoms with Crippen LogP contribution in [0.15, 0.2) is 24.3 Å². The molecule has 4 nitrogen and oxygen atoms in total. The minimum absolute atomic E-state index is 0.0844. The molecule has 0 aliphatic carbocycles. The Bertz CT molecular complexity index is 472. The minimum Gasteiger partial charge on any atom is -0.354 e. The quantitative estimate of drug-likeness (QED) is 0.905. The minimum atomic E-state index is 0.0844. The number of benzene rings is 1. The zero-order valence-electron chi connectivity index (χ0n) is 12.8. The lowest BCUT2D eigenvalue weighted by Crippen LogP contribution is -2.48. The number of amides is 1. The number of halogens is 1. The molecule has 116 valence electrons. The van der Waals surface area contributed by atoms with Gasteiger partial charge in [0.15, 0.2) is 0 Å². The van der Waals surface area contributed by atoms with Crippen LogP contribution in [0.5, 0.6) is 0 Å². The highest BCUT2D eigenvalue weighted by Gasteiger charge is 2.25. The van der Waals surface area contributed by atoms with Crippen molar-refractivity contribution in [3.63, 3.8) is 0 Å².